The van der Waals surface area contributed by atoms with E-state index in [4.69, 9.17) is 15.2 Å². The van der Waals surface area contributed by atoms with Gasteiger partial charge in [0, 0.05) is 19.2 Å². The number of hydrogen-bond donors (Lipinski definition) is 3. The average molecular weight is 503 g/mol. The maximum atomic E-state index is 11.6. The quantitative estimate of drug-likeness (QED) is 0.224. The first kappa shape index (κ1) is 26.5. The summed E-state index contributed by atoms with van der Waals surface area (Å²) in [6, 6.07) is 1.46. The van der Waals surface area contributed by atoms with Crippen LogP contribution in [0.5, 0.6) is 11.8 Å². The molecule has 0 saturated carbocycles. The smallest absolute Gasteiger partial charge is 0.248 e. The zero-order valence-electron chi connectivity index (χ0n) is 20.5. The molecule has 4 N–H and O–H groups in total. The number of unbranched alkanes of at least 4 members (excludes halogenated alkanes) is 1. The minimum absolute atomic E-state index is 0.200. The number of carbonyl (C=O) groups excluding carboxylic acids is 1. The number of nitrogen functional groups attached to an aromatic ring is 1. The number of methoxy groups -OCH3 is 2. The molecule has 2 aromatic heterocycles. The fourth-order valence-electron chi connectivity index (χ4n) is 3.88. The van der Waals surface area contributed by atoms with Gasteiger partial charge in [0.05, 0.1) is 14.2 Å². The molecule has 0 aliphatic carbocycles. The highest BCUT2D eigenvalue weighted by Crippen LogP contribution is 2.40. The number of piperidine rings is 1. The highest BCUT2D eigenvalue weighted by molar-refractivity contribution is 7.99. The number of carbonyl (C=O) groups is 1. The zero-order valence-corrected chi connectivity index (χ0v) is 21.4. The van der Waals surface area contributed by atoms with Gasteiger partial charge in [-0.2, -0.15) is 9.97 Å². The van der Waals surface area contributed by atoms with Crippen LogP contribution in [0.15, 0.2) is 28.8 Å². The first-order valence-corrected chi connectivity index (χ1v) is 12.4. The van der Waals surface area contributed by atoms with Crippen molar-refractivity contribution in [3.8, 4) is 11.8 Å². The molecule has 0 aromatic carbocycles. The van der Waals surface area contributed by atoms with E-state index in [1.165, 1.54) is 25.3 Å². The van der Waals surface area contributed by atoms with E-state index in [9.17, 15) is 4.79 Å². The Labute approximate surface area is 210 Å². The van der Waals surface area contributed by atoms with E-state index in [2.05, 4.69) is 42.0 Å². The molecule has 0 spiro atoms. The van der Waals surface area contributed by atoms with Crippen molar-refractivity contribution in [3.63, 3.8) is 0 Å². The van der Waals surface area contributed by atoms with Crippen molar-refractivity contribution in [1.29, 1.82) is 0 Å². The third kappa shape index (κ3) is 7.43. The van der Waals surface area contributed by atoms with Gasteiger partial charge in [0.1, 0.15) is 16.5 Å². The topological polar surface area (TPSA) is 140 Å². The van der Waals surface area contributed by atoms with Crippen LogP contribution in [0.1, 0.15) is 32.1 Å². The Bertz CT molecular complexity index is 989. The van der Waals surface area contributed by atoms with Crippen molar-refractivity contribution in [2.45, 2.75) is 42.2 Å². The fraction of sp³-hybridized carbons (Fsp3) is 0.522. The van der Waals surface area contributed by atoms with Gasteiger partial charge < -0.3 is 30.7 Å². The van der Waals surface area contributed by atoms with Crippen molar-refractivity contribution in [3.05, 3.63) is 18.7 Å². The third-order valence-electron chi connectivity index (χ3n) is 5.72. The maximum Gasteiger partial charge on any atom is 0.248 e. The largest absolute Gasteiger partial charge is 0.480 e. The molecule has 1 aliphatic heterocycles. The molecular weight excluding hydrogens is 468 g/mol. The first-order valence-electron chi connectivity index (χ1n) is 11.6. The van der Waals surface area contributed by atoms with Crippen LogP contribution in [0.2, 0.25) is 0 Å². The summed E-state index contributed by atoms with van der Waals surface area (Å²) in [5, 5.41) is 6.08. The van der Waals surface area contributed by atoms with E-state index in [-0.39, 0.29) is 16.8 Å². The summed E-state index contributed by atoms with van der Waals surface area (Å²) in [5.41, 5.74) is 5.90. The summed E-state index contributed by atoms with van der Waals surface area (Å²) in [6.45, 7) is 6.29. The summed E-state index contributed by atoms with van der Waals surface area (Å²) in [6.07, 6.45) is 7.10. The van der Waals surface area contributed by atoms with Gasteiger partial charge in [-0.1, -0.05) is 19.4 Å². The number of nitrogens with two attached hydrogens (primary N) is 1. The summed E-state index contributed by atoms with van der Waals surface area (Å²) >= 11 is 1.14. The predicted molar refractivity (Wildman–Crippen MR) is 137 cm³/mol. The molecule has 1 fully saturated rings. The number of nitrogens with one attached hydrogen (secondary N) is 2. The van der Waals surface area contributed by atoms with Gasteiger partial charge in [0.25, 0.3) is 0 Å². The van der Waals surface area contributed by atoms with Crippen molar-refractivity contribution in [2.24, 2.45) is 5.92 Å². The molecule has 190 valence electrons. The Hall–Kier alpha value is -3.12. The summed E-state index contributed by atoms with van der Waals surface area (Å²) in [5.74, 6) is 2.08. The third-order valence-corrected chi connectivity index (χ3v) is 6.64. The first-order chi connectivity index (χ1) is 17.0. The molecular formula is C23H34N8O3S. The summed E-state index contributed by atoms with van der Waals surface area (Å²) < 4.78 is 11.2. The second kappa shape index (κ2) is 13.1. The lowest BCUT2D eigenvalue weighted by atomic mass is 9.92. The van der Waals surface area contributed by atoms with Gasteiger partial charge in [-0.05, 0) is 56.6 Å². The Morgan fingerprint density at radius 2 is 1.89 bits per heavy atom. The SMILES string of the molecule is C=CC(=O)Nc1cc(N)nc(Sc2c(OC)nc(N3CCC(CCCCNC)CC3)nc2OC)n1. The molecule has 1 aliphatic rings. The van der Waals surface area contributed by atoms with Crippen molar-refractivity contribution < 1.29 is 14.3 Å². The van der Waals surface area contributed by atoms with Crippen LogP contribution in [-0.2, 0) is 4.79 Å². The Balaban J connectivity index is 1.75. The van der Waals surface area contributed by atoms with Crippen molar-refractivity contribution in [2.75, 3.05) is 56.9 Å². The molecule has 1 saturated heterocycles. The van der Waals surface area contributed by atoms with Gasteiger partial charge in [-0.3, -0.25) is 4.79 Å². The lowest BCUT2D eigenvalue weighted by Gasteiger charge is -2.32. The monoisotopic (exact) mass is 502 g/mol. The highest BCUT2D eigenvalue weighted by Gasteiger charge is 2.25. The summed E-state index contributed by atoms with van der Waals surface area (Å²) in [4.78, 5) is 32.2. The number of amides is 1. The average Bonchev–Trinajstić information content (AvgIpc) is 2.86. The number of nitrogens with zero attached hydrogens (tertiary/aromatic N) is 5. The molecule has 0 unspecified atom stereocenters. The molecule has 3 heterocycles. The van der Waals surface area contributed by atoms with Gasteiger partial charge in [-0.15, -0.1) is 0 Å². The number of ether oxygens (including phenoxy) is 2. The number of aromatic nitrogens is 4. The van der Waals surface area contributed by atoms with Gasteiger partial charge in [0.15, 0.2) is 5.16 Å². The van der Waals surface area contributed by atoms with Crippen LogP contribution in [-0.4, -0.2) is 66.7 Å². The molecule has 35 heavy (non-hydrogen) atoms. The molecule has 12 heteroatoms. The van der Waals surface area contributed by atoms with Gasteiger partial charge >= 0.3 is 0 Å². The minimum atomic E-state index is -0.399. The van der Waals surface area contributed by atoms with E-state index in [0.717, 1.165) is 56.2 Å². The second-order valence-corrected chi connectivity index (χ2v) is 9.13. The fourth-order valence-corrected chi connectivity index (χ4v) is 4.79. The van der Waals surface area contributed by atoms with Crippen LogP contribution >= 0.6 is 11.8 Å². The van der Waals surface area contributed by atoms with Crippen LogP contribution in [0.4, 0.5) is 17.6 Å². The summed E-state index contributed by atoms with van der Waals surface area (Å²) in [7, 11) is 5.08. The number of rotatable bonds is 12. The predicted octanol–water partition coefficient (Wildman–Crippen LogP) is 2.75. The molecule has 11 nitrogen and oxygen atoms in total. The van der Waals surface area contributed by atoms with Gasteiger partial charge in [-0.25, -0.2) is 9.97 Å². The van der Waals surface area contributed by atoms with Crippen molar-refractivity contribution in [1.82, 2.24) is 25.3 Å². The number of anilines is 3. The van der Waals surface area contributed by atoms with Gasteiger partial charge in [0.2, 0.25) is 23.6 Å². The van der Waals surface area contributed by atoms with E-state index in [0.29, 0.717) is 22.6 Å². The Kier molecular flexibility index (Phi) is 9.91. The second-order valence-electron chi connectivity index (χ2n) is 8.16. The maximum absolute atomic E-state index is 11.6. The molecule has 2 aromatic rings. The minimum Gasteiger partial charge on any atom is -0.480 e. The molecule has 0 radical (unpaired) electrons. The molecule has 0 atom stereocenters. The standard InChI is InChI=1S/C23H34N8O3S/c1-5-18(32)27-17-14-16(24)26-23(28-17)35-19-20(33-3)29-22(30-21(19)34-4)31-12-9-15(10-13-31)8-6-7-11-25-2/h5,14-15,25H,1,6-13H2,2-4H3,(H3,24,26,27,28,32). The van der Waals surface area contributed by atoms with Crippen LogP contribution in [0.25, 0.3) is 0 Å². The van der Waals surface area contributed by atoms with Crippen molar-refractivity contribution >= 4 is 35.3 Å². The normalized spacial score (nSPS) is 14.0. The van der Waals surface area contributed by atoms with E-state index >= 15 is 0 Å². The lowest BCUT2D eigenvalue weighted by Crippen LogP contribution is -2.35. The van der Waals surface area contributed by atoms with E-state index in [1.54, 1.807) is 14.2 Å². The number of hydrogen-bond acceptors (Lipinski definition) is 11. The highest BCUT2D eigenvalue weighted by atomic mass is 32.2. The zero-order chi connectivity index (χ0) is 25.2. The molecule has 3 rings (SSSR count). The molecule has 0 bridgehead atoms. The van der Waals surface area contributed by atoms with Crippen LogP contribution in [0.3, 0.4) is 0 Å². The Morgan fingerprint density at radius 1 is 1.20 bits per heavy atom. The molecule has 1 amide bonds. The van der Waals surface area contributed by atoms with E-state index in [1.807, 2.05) is 7.05 Å². The van der Waals surface area contributed by atoms with E-state index < -0.39 is 5.91 Å². The van der Waals surface area contributed by atoms with Crippen LogP contribution in [0, 0.1) is 5.92 Å². The Morgan fingerprint density at radius 3 is 2.49 bits per heavy atom. The van der Waals surface area contributed by atoms with Crippen LogP contribution < -0.4 is 30.7 Å². The lowest BCUT2D eigenvalue weighted by molar-refractivity contribution is -0.111.